The van der Waals surface area contributed by atoms with E-state index in [9.17, 15) is 0 Å². The zero-order valence-corrected chi connectivity index (χ0v) is 8.50. The van der Waals surface area contributed by atoms with E-state index in [-0.39, 0.29) is 18.4 Å². The number of hydrogen-bond donors (Lipinski definition) is 0. The van der Waals surface area contributed by atoms with Crippen molar-refractivity contribution in [2.75, 3.05) is 26.0 Å². The molecule has 0 unspecified atom stereocenters. The van der Waals surface area contributed by atoms with Crippen molar-refractivity contribution in [3.63, 3.8) is 0 Å². The van der Waals surface area contributed by atoms with Crippen molar-refractivity contribution >= 4 is 15.9 Å². The molecule has 0 aliphatic rings. The Morgan fingerprint density at radius 3 is 2.12 bits per heavy atom. The summed E-state index contributed by atoms with van der Waals surface area (Å²) < 4.78 is 0. The van der Waals surface area contributed by atoms with Crippen molar-refractivity contribution in [1.29, 1.82) is 0 Å². The molecule has 0 aromatic carbocycles. The number of halogens is 2. The molecule has 0 fully saturated rings. The lowest BCUT2D eigenvalue weighted by Crippen LogP contribution is -3.00. The van der Waals surface area contributed by atoms with Crippen molar-refractivity contribution in [2.45, 2.75) is 6.42 Å². The molecule has 3 heteroatoms. The van der Waals surface area contributed by atoms with Gasteiger partial charge in [0.05, 0.1) is 0 Å². The van der Waals surface area contributed by atoms with Crippen LogP contribution in [0.15, 0.2) is 0 Å². The number of rotatable bonds is 3. The van der Waals surface area contributed by atoms with Gasteiger partial charge in [-0.2, -0.15) is 0 Å². The average Bonchev–Trinajstić information content (AvgIpc) is 1.61. The molecule has 0 spiro atoms. The molecule has 0 bridgehead atoms. The molecule has 0 heterocycles. The highest BCUT2D eigenvalue weighted by molar-refractivity contribution is 9.09. The van der Waals surface area contributed by atoms with Crippen LogP contribution in [0.3, 0.4) is 0 Å². The standard InChI is InChI=1S/C5H12BrN.BrH/c1-7(2)5-3-4-6;/h3-5H2,1-2H3;1H. The lowest BCUT2D eigenvalue weighted by atomic mass is 10.5. The van der Waals surface area contributed by atoms with E-state index in [2.05, 4.69) is 34.9 Å². The highest BCUT2D eigenvalue weighted by Crippen LogP contribution is 1.87. The fourth-order valence-electron chi connectivity index (χ4n) is 0.376. The second kappa shape index (κ2) is 7.92. The summed E-state index contributed by atoms with van der Waals surface area (Å²) in [5, 5.41) is 1.12. The SMILES string of the molecule is CN(C)CCCBr.[Br-].[H+]. The minimum absolute atomic E-state index is 0. The third-order valence-electron chi connectivity index (χ3n) is 0.739. The van der Waals surface area contributed by atoms with Crippen LogP contribution in [0.4, 0.5) is 0 Å². The van der Waals surface area contributed by atoms with Gasteiger partial charge in [0.15, 0.2) is 0 Å². The van der Waals surface area contributed by atoms with E-state index in [4.69, 9.17) is 0 Å². The van der Waals surface area contributed by atoms with Crippen LogP contribution in [0.1, 0.15) is 7.85 Å². The van der Waals surface area contributed by atoms with Crippen LogP contribution >= 0.6 is 15.9 Å². The van der Waals surface area contributed by atoms with Crippen molar-refractivity contribution in [3.8, 4) is 0 Å². The number of hydrogen-bond acceptors (Lipinski definition) is 1. The Hall–Kier alpha value is 0.920. The molecule has 0 N–H and O–H groups in total. The summed E-state index contributed by atoms with van der Waals surface area (Å²) in [6.07, 6.45) is 1.24. The molecule has 0 rings (SSSR count). The second-order valence-electron chi connectivity index (χ2n) is 1.85. The molecular weight excluding hydrogens is 234 g/mol. The summed E-state index contributed by atoms with van der Waals surface area (Å²) in [5.74, 6) is 0. The van der Waals surface area contributed by atoms with Gasteiger partial charge in [0.25, 0.3) is 0 Å². The van der Waals surface area contributed by atoms with Crippen molar-refractivity contribution in [3.05, 3.63) is 0 Å². The van der Waals surface area contributed by atoms with Crippen LogP contribution in [0.25, 0.3) is 0 Å². The summed E-state index contributed by atoms with van der Waals surface area (Å²) in [4.78, 5) is 2.18. The van der Waals surface area contributed by atoms with E-state index in [1.165, 1.54) is 13.0 Å². The number of alkyl halides is 1. The predicted molar refractivity (Wildman–Crippen MR) is 38.1 cm³/mol. The zero-order chi connectivity index (χ0) is 5.70. The highest BCUT2D eigenvalue weighted by Gasteiger charge is 1.84. The highest BCUT2D eigenvalue weighted by atomic mass is 79.9. The van der Waals surface area contributed by atoms with Crippen molar-refractivity contribution in [1.82, 2.24) is 4.90 Å². The molecule has 0 aromatic heterocycles. The molecule has 0 radical (unpaired) electrons. The van der Waals surface area contributed by atoms with Gasteiger partial charge < -0.3 is 21.9 Å². The molecule has 0 saturated heterocycles. The Kier molecular flexibility index (Phi) is 11.6. The lowest BCUT2D eigenvalue weighted by molar-refractivity contribution is -0.00000155. The number of nitrogens with zero attached hydrogens (tertiary/aromatic N) is 1. The first-order valence-corrected chi connectivity index (χ1v) is 3.60. The first-order chi connectivity index (χ1) is 3.27. The van der Waals surface area contributed by atoms with Crippen molar-refractivity contribution < 1.29 is 18.4 Å². The lowest BCUT2D eigenvalue weighted by Gasteiger charge is -2.05. The fourth-order valence-corrected chi connectivity index (χ4v) is 0.627. The molecular formula is C5H13Br2N. The summed E-state index contributed by atoms with van der Waals surface area (Å²) in [6, 6.07) is 0. The van der Waals surface area contributed by atoms with Gasteiger partial charge in [0.2, 0.25) is 0 Å². The van der Waals surface area contributed by atoms with Crippen molar-refractivity contribution in [2.24, 2.45) is 0 Å². The third-order valence-corrected chi connectivity index (χ3v) is 1.30. The predicted octanol–water partition coefficient (Wildman–Crippen LogP) is -1.55. The van der Waals surface area contributed by atoms with Gasteiger partial charge in [0.1, 0.15) is 0 Å². The minimum Gasteiger partial charge on any atom is -1.00 e. The molecule has 0 amide bonds. The van der Waals surface area contributed by atoms with Crippen LogP contribution in [-0.2, 0) is 0 Å². The molecule has 0 atom stereocenters. The minimum atomic E-state index is 0. The molecule has 0 aromatic rings. The molecule has 0 saturated carbocycles. The van der Waals surface area contributed by atoms with E-state index < -0.39 is 0 Å². The van der Waals surface area contributed by atoms with Gasteiger partial charge in [-0.15, -0.1) is 0 Å². The van der Waals surface area contributed by atoms with Crippen LogP contribution in [-0.4, -0.2) is 30.9 Å². The maximum atomic E-state index is 3.35. The Bertz CT molecular complexity index is 43.9. The van der Waals surface area contributed by atoms with Gasteiger partial charge in [0, 0.05) is 5.33 Å². The van der Waals surface area contributed by atoms with Gasteiger partial charge in [-0.05, 0) is 27.1 Å². The topological polar surface area (TPSA) is 3.24 Å². The molecule has 52 valence electrons. The summed E-state index contributed by atoms with van der Waals surface area (Å²) in [6.45, 7) is 1.19. The van der Waals surface area contributed by atoms with Crippen LogP contribution in [0.2, 0.25) is 0 Å². The Balaban J connectivity index is -0.000000180. The maximum absolute atomic E-state index is 3.35. The van der Waals surface area contributed by atoms with Gasteiger partial charge in [-0.25, -0.2) is 0 Å². The second-order valence-corrected chi connectivity index (χ2v) is 2.64. The van der Waals surface area contributed by atoms with E-state index >= 15 is 0 Å². The summed E-state index contributed by atoms with van der Waals surface area (Å²) in [5.41, 5.74) is 0. The maximum Gasteiger partial charge on any atom is 1.00 e. The molecule has 0 aliphatic heterocycles. The van der Waals surface area contributed by atoms with E-state index in [0.29, 0.717) is 0 Å². The van der Waals surface area contributed by atoms with Gasteiger partial charge in [-0.1, -0.05) is 15.9 Å². The third kappa shape index (κ3) is 10.0. The van der Waals surface area contributed by atoms with E-state index in [0.717, 1.165) is 5.33 Å². The first kappa shape index (κ1) is 11.7. The molecule has 8 heavy (non-hydrogen) atoms. The van der Waals surface area contributed by atoms with Gasteiger partial charge >= 0.3 is 1.43 Å². The van der Waals surface area contributed by atoms with Crippen LogP contribution < -0.4 is 17.0 Å². The smallest absolute Gasteiger partial charge is 1.00 e. The molecule has 0 aliphatic carbocycles. The summed E-state index contributed by atoms with van der Waals surface area (Å²) >= 11 is 3.35. The Morgan fingerprint density at radius 1 is 1.50 bits per heavy atom. The normalized spacial score (nSPS) is 9.00. The fraction of sp³-hybridized carbons (Fsp3) is 1.00. The first-order valence-electron chi connectivity index (χ1n) is 2.48. The molecule has 1 nitrogen and oxygen atoms in total. The Labute approximate surface area is 71.8 Å². The van der Waals surface area contributed by atoms with Gasteiger partial charge in [-0.3, -0.25) is 0 Å². The van der Waals surface area contributed by atoms with Crippen LogP contribution in [0, 0.1) is 0 Å². The Morgan fingerprint density at radius 2 is 2.00 bits per heavy atom. The zero-order valence-electron chi connectivity index (χ0n) is 6.32. The van der Waals surface area contributed by atoms with Crippen LogP contribution in [0.5, 0.6) is 0 Å². The monoisotopic (exact) mass is 245 g/mol. The summed E-state index contributed by atoms with van der Waals surface area (Å²) in [7, 11) is 4.17. The largest absolute Gasteiger partial charge is 1.00 e. The average molecular weight is 247 g/mol. The quantitative estimate of drug-likeness (QED) is 0.546. The van der Waals surface area contributed by atoms with E-state index in [1.54, 1.807) is 0 Å². The van der Waals surface area contributed by atoms with E-state index in [1.807, 2.05) is 0 Å².